The average molecular weight is 272 g/mol. The second kappa shape index (κ2) is 3.32. The number of nitrogens with two attached hydrogens (primary N) is 1. The summed E-state index contributed by atoms with van der Waals surface area (Å²) < 4.78 is 46.4. The van der Waals surface area contributed by atoms with Gasteiger partial charge in [-0.2, -0.15) is 0 Å². The van der Waals surface area contributed by atoms with Crippen molar-refractivity contribution in [1.29, 1.82) is 0 Å². The molecule has 7 heteroatoms. The topological polar surface area (TPSA) is 60.2 Å². The van der Waals surface area contributed by atoms with E-state index >= 15 is 0 Å². The Hall–Kier alpha value is -0.530. The molecule has 0 aliphatic heterocycles. The van der Waals surface area contributed by atoms with E-state index in [1.807, 2.05) is 0 Å². The lowest BCUT2D eigenvalue weighted by Crippen LogP contribution is -2.12. The Kier molecular flexibility index (Phi) is 2.69. The van der Waals surface area contributed by atoms with Crippen molar-refractivity contribution in [3.05, 3.63) is 28.2 Å². The van der Waals surface area contributed by atoms with Gasteiger partial charge in [-0.05, 0) is 28.1 Å². The molecule has 0 aromatic heterocycles. The summed E-state index contributed by atoms with van der Waals surface area (Å²) in [5, 5.41) is 4.71. The lowest BCUT2D eigenvalue weighted by Gasteiger charge is -2.00. The summed E-state index contributed by atoms with van der Waals surface area (Å²) in [4.78, 5) is -0.474. The van der Waals surface area contributed by atoms with E-state index in [4.69, 9.17) is 5.14 Å². The fourth-order valence-electron chi connectivity index (χ4n) is 0.697. The largest absolute Gasteiger partial charge is 0.238 e. The summed E-state index contributed by atoms with van der Waals surface area (Å²) in [7, 11) is -4.00. The van der Waals surface area contributed by atoms with Crippen molar-refractivity contribution in [2.45, 2.75) is 4.90 Å². The second-order valence-electron chi connectivity index (χ2n) is 2.25. The lowest BCUT2D eigenvalue weighted by molar-refractivity contribution is 0.500. The van der Waals surface area contributed by atoms with Gasteiger partial charge in [0, 0.05) is 0 Å². The van der Waals surface area contributed by atoms with Gasteiger partial charge in [0.05, 0.1) is 9.37 Å². The Balaban J connectivity index is 3.47. The Morgan fingerprint density at radius 3 is 2.23 bits per heavy atom. The number of primary sulfonamides is 1. The molecule has 0 saturated carbocycles. The maximum atomic E-state index is 12.6. The van der Waals surface area contributed by atoms with Gasteiger partial charge in [0.15, 0.2) is 11.6 Å². The van der Waals surface area contributed by atoms with E-state index in [2.05, 4.69) is 15.9 Å². The number of hydrogen-bond acceptors (Lipinski definition) is 2. The molecule has 0 atom stereocenters. The third-order valence-corrected chi connectivity index (χ3v) is 2.76. The first-order valence-electron chi connectivity index (χ1n) is 2.99. The van der Waals surface area contributed by atoms with E-state index in [-0.39, 0.29) is 4.47 Å². The molecule has 0 amide bonds. The van der Waals surface area contributed by atoms with Crippen molar-refractivity contribution >= 4 is 26.0 Å². The van der Waals surface area contributed by atoms with Gasteiger partial charge in [0.2, 0.25) is 10.0 Å². The van der Waals surface area contributed by atoms with Crippen LogP contribution in [0.4, 0.5) is 8.78 Å². The van der Waals surface area contributed by atoms with E-state index in [9.17, 15) is 17.2 Å². The lowest BCUT2D eigenvalue weighted by atomic mass is 10.3. The standard InChI is InChI=1S/C6H4BrF2NO2S/c7-4-1-3(13(10,11)12)2-5(8)6(4)9/h1-2H,(H2,10,11,12). The van der Waals surface area contributed by atoms with Crippen LogP contribution in [-0.2, 0) is 10.0 Å². The number of sulfonamides is 1. The van der Waals surface area contributed by atoms with E-state index in [0.717, 1.165) is 6.07 Å². The first-order valence-corrected chi connectivity index (χ1v) is 5.33. The minimum atomic E-state index is -4.00. The monoisotopic (exact) mass is 271 g/mol. The van der Waals surface area contributed by atoms with Gasteiger partial charge in [-0.25, -0.2) is 22.3 Å². The van der Waals surface area contributed by atoms with Crippen molar-refractivity contribution in [3.8, 4) is 0 Å². The summed E-state index contributed by atoms with van der Waals surface area (Å²) in [6.45, 7) is 0. The summed E-state index contributed by atoms with van der Waals surface area (Å²) >= 11 is 2.65. The maximum absolute atomic E-state index is 12.6. The van der Waals surface area contributed by atoms with Gasteiger partial charge in [-0.15, -0.1) is 0 Å². The molecular weight excluding hydrogens is 268 g/mol. The molecule has 3 nitrogen and oxygen atoms in total. The molecule has 72 valence electrons. The first kappa shape index (κ1) is 10.6. The third kappa shape index (κ3) is 2.23. The maximum Gasteiger partial charge on any atom is 0.238 e. The SMILES string of the molecule is NS(=O)(=O)c1cc(F)c(F)c(Br)c1. The number of halogens is 3. The van der Waals surface area contributed by atoms with Gasteiger partial charge >= 0.3 is 0 Å². The molecule has 1 aromatic rings. The van der Waals surface area contributed by atoms with Crippen LogP contribution < -0.4 is 5.14 Å². The van der Waals surface area contributed by atoms with Crippen molar-refractivity contribution < 1.29 is 17.2 Å². The zero-order valence-electron chi connectivity index (χ0n) is 6.09. The molecule has 0 bridgehead atoms. The van der Waals surface area contributed by atoms with Crippen LogP contribution in [0.1, 0.15) is 0 Å². The third-order valence-electron chi connectivity index (χ3n) is 1.29. The van der Waals surface area contributed by atoms with Crippen LogP contribution >= 0.6 is 15.9 Å². The molecule has 0 spiro atoms. The minimum Gasteiger partial charge on any atom is -0.225 e. The second-order valence-corrected chi connectivity index (χ2v) is 4.66. The Bertz CT molecular complexity index is 423. The van der Waals surface area contributed by atoms with Crippen molar-refractivity contribution in [3.63, 3.8) is 0 Å². The average Bonchev–Trinajstić information content (AvgIpc) is 1.97. The van der Waals surface area contributed by atoms with E-state index in [1.165, 1.54) is 0 Å². The van der Waals surface area contributed by atoms with Crippen LogP contribution in [-0.4, -0.2) is 8.42 Å². The molecule has 0 fully saturated rings. The predicted molar refractivity (Wildman–Crippen MR) is 45.4 cm³/mol. The fourth-order valence-corrected chi connectivity index (χ4v) is 1.83. The van der Waals surface area contributed by atoms with Crippen LogP contribution in [0.3, 0.4) is 0 Å². The van der Waals surface area contributed by atoms with Crippen LogP contribution in [0.25, 0.3) is 0 Å². The smallest absolute Gasteiger partial charge is 0.225 e. The fraction of sp³-hybridized carbons (Fsp3) is 0. The highest BCUT2D eigenvalue weighted by atomic mass is 79.9. The molecular formula is C6H4BrF2NO2S. The van der Waals surface area contributed by atoms with Crippen LogP contribution in [0.5, 0.6) is 0 Å². The van der Waals surface area contributed by atoms with Crippen molar-refractivity contribution in [1.82, 2.24) is 0 Å². The van der Waals surface area contributed by atoms with Gasteiger partial charge in [0.1, 0.15) is 0 Å². The molecule has 1 aromatic carbocycles. The van der Waals surface area contributed by atoms with Gasteiger partial charge in [0.25, 0.3) is 0 Å². The minimum absolute atomic E-state index is 0.281. The highest BCUT2D eigenvalue weighted by Crippen LogP contribution is 2.22. The molecule has 0 aliphatic carbocycles. The Morgan fingerprint density at radius 1 is 1.31 bits per heavy atom. The summed E-state index contributed by atoms with van der Waals surface area (Å²) in [6, 6.07) is 1.42. The zero-order valence-corrected chi connectivity index (χ0v) is 8.49. The molecule has 0 radical (unpaired) electrons. The predicted octanol–water partition coefficient (Wildman–Crippen LogP) is 1.37. The summed E-state index contributed by atoms with van der Waals surface area (Å²) in [6.07, 6.45) is 0. The van der Waals surface area contributed by atoms with E-state index in [0.29, 0.717) is 6.07 Å². The van der Waals surface area contributed by atoms with Gasteiger partial charge in [-0.3, -0.25) is 0 Å². The molecule has 0 heterocycles. The summed E-state index contributed by atoms with van der Waals surface area (Å²) in [5.41, 5.74) is 0. The van der Waals surface area contributed by atoms with E-state index < -0.39 is 26.6 Å². The molecule has 0 saturated heterocycles. The van der Waals surface area contributed by atoms with Crippen LogP contribution in [0.2, 0.25) is 0 Å². The van der Waals surface area contributed by atoms with Gasteiger partial charge in [-0.1, -0.05) is 0 Å². The van der Waals surface area contributed by atoms with E-state index in [1.54, 1.807) is 0 Å². The molecule has 0 unspecified atom stereocenters. The number of benzene rings is 1. The first-order chi connectivity index (χ1) is 5.82. The Morgan fingerprint density at radius 2 is 1.85 bits per heavy atom. The normalized spacial score (nSPS) is 11.7. The summed E-state index contributed by atoms with van der Waals surface area (Å²) in [5.74, 6) is -2.41. The number of rotatable bonds is 1. The highest BCUT2D eigenvalue weighted by Gasteiger charge is 2.14. The highest BCUT2D eigenvalue weighted by molar-refractivity contribution is 9.10. The molecule has 1 rings (SSSR count). The molecule has 13 heavy (non-hydrogen) atoms. The Labute approximate surface area is 81.7 Å². The molecule has 0 aliphatic rings. The number of hydrogen-bond donors (Lipinski definition) is 1. The van der Waals surface area contributed by atoms with Crippen molar-refractivity contribution in [2.24, 2.45) is 5.14 Å². The quantitative estimate of drug-likeness (QED) is 0.785. The zero-order chi connectivity index (χ0) is 10.2. The van der Waals surface area contributed by atoms with Crippen LogP contribution in [0, 0.1) is 11.6 Å². The molecule has 2 N–H and O–H groups in total. The van der Waals surface area contributed by atoms with Gasteiger partial charge < -0.3 is 0 Å². The van der Waals surface area contributed by atoms with Crippen LogP contribution in [0.15, 0.2) is 21.5 Å². The van der Waals surface area contributed by atoms with Crippen molar-refractivity contribution in [2.75, 3.05) is 0 Å².